The van der Waals surface area contributed by atoms with Gasteiger partial charge in [0.2, 0.25) is 11.8 Å². The lowest BCUT2D eigenvalue weighted by molar-refractivity contribution is -0.135. The van der Waals surface area contributed by atoms with Crippen molar-refractivity contribution in [3.05, 3.63) is 0 Å². The lowest BCUT2D eigenvalue weighted by atomic mass is 10.1. The van der Waals surface area contributed by atoms with Crippen molar-refractivity contribution in [2.24, 2.45) is 11.7 Å². The van der Waals surface area contributed by atoms with E-state index < -0.39 is 5.91 Å². The second-order valence-corrected chi connectivity index (χ2v) is 4.82. The number of nitrogens with two attached hydrogens (primary N) is 1. The van der Waals surface area contributed by atoms with Gasteiger partial charge >= 0.3 is 0 Å². The van der Waals surface area contributed by atoms with Crippen molar-refractivity contribution in [1.29, 1.82) is 0 Å². The molecule has 0 aromatic carbocycles. The maximum absolute atomic E-state index is 12.0. The van der Waals surface area contributed by atoms with Crippen molar-refractivity contribution in [2.45, 2.75) is 38.9 Å². The Hall–Kier alpha value is -0.710. The van der Waals surface area contributed by atoms with E-state index in [-0.39, 0.29) is 23.6 Å². The molecule has 16 heavy (non-hydrogen) atoms. The summed E-state index contributed by atoms with van der Waals surface area (Å²) >= 11 is 4.26. The molecule has 0 aromatic heterocycles. The Bertz CT molecular complexity index is 244. The van der Waals surface area contributed by atoms with Crippen LogP contribution in [-0.2, 0) is 9.59 Å². The van der Waals surface area contributed by atoms with E-state index in [0.29, 0.717) is 6.54 Å². The highest BCUT2D eigenvalue weighted by Crippen LogP contribution is 2.12. The fraction of sp³-hybridized carbons (Fsp3) is 0.818. The van der Waals surface area contributed by atoms with Gasteiger partial charge in [0.05, 0.1) is 11.8 Å². The third-order valence-corrected chi connectivity index (χ3v) is 3.14. The third kappa shape index (κ3) is 5.39. The fourth-order valence-corrected chi connectivity index (χ4v) is 1.44. The second-order valence-electron chi connectivity index (χ2n) is 4.27. The number of carbonyl (C=O) groups excluding carboxylic acids is 2. The zero-order chi connectivity index (χ0) is 12.7. The molecule has 0 saturated heterocycles. The second kappa shape index (κ2) is 7.54. The predicted octanol–water partition coefficient (Wildman–Crippen LogP) is 1.05. The maximum Gasteiger partial charge on any atom is 0.237 e. The Balaban J connectivity index is 4.48. The molecule has 0 fully saturated rings. The smallest absolute Gasteiger partial charge is 0.237 e. The highest BCUT2D eigenvalue weighted by Gasteiger charge is 2.24. The first-order valence-corrected chi connectivity index (χ1v) is 6.16. The van der Waals surface area contributed by atoms with Gasteiger partial charge < -0.3 is 10.6 Å². The Morgan fingerprint density at radius 1 is 1.38 bits per heavy atom. The molecule has 0 aliphatic carbocycles. The molecular formula is C11H22N2O2S. The van der Waals surface area contributed by atoms with Gasteiger partial charge in [0, 0.05) is 6.54 Å². The molecule has 0 saturated carbocycles. The lowest BCUT2D eigenvalue weighted by Crippen LogP contribution is -2.44. The molecule has 0 radical (unpaired) electrons. The van der Waals surface area contributed by atoms with Crippen molar-refractivity contribution < 1.29 is 9.59 Å². The first-order chi connectivity index (χ1) is 7.40. The molecule has 4 nitrogen and oxygen atoms in total. The van der Waals surface area contributed by atoms with Gasteiger partial charge in [-0.2, -0.15) is 12.6 Å². The Labute approximate surface area is 103 Å². The summed E-state index contributed by atoms with van der Waals surface area (Å²) in [7, 11) is 0. The van der Waals surface area contributed by atoms with Crippen LogP contribution in [0.25, 0.3) is 0 Å². The lowest BCUT2D eigenvalue weighted by Gasteiger charge is -2.25. The monoisotopic (exact) mass is 246 g/mol. The molecule has 0 bridgehead atoms. The summed E-state index contributed by atoms with van der Waals surface area (Å²) in [6, 6.07) is 0. The minimum atomic E-state index is -0.478. The molecule has 0 aromatic rings. The highest BCUT2D eigenvalue weighted by atomic mass is 32.1. The summed E-state index contributed by atoms with van der Waals surface area (Å²) in [5.74, 6) is -0.438. The number of carbonyl (C=O) groups is 2. The van der Waals surface area contributed by atoms with Gasteiger partial charge in [-0.05, 0) is 12.3 Å². The summed E-state index contributed by atoms with van der Waals surface area (Å²) in [4.78, 5) is 24.3. The van der Waals surface area contributed by atoms with Gasteiger partial charge in [-0.25, -0.2) is 0 Å². The Kier molecular flexibility index (Phi) is 7.21. The number of nitrogens with zero attached hydrogens (tertiary/aromatic N) is 1. The van der Waals surface area contributed by atoms with E-state index in [1.807, 2.05) is 20.8 Å². The van der Waals surface area contributed by atoms with Crippen molar-refractivity contribution in [3.8, 4) is 0 Å². The number of hydrogen-bond acceptors (Lipinski definition) is 3. The predicted molar refractivity (Wildman–Crippen MR) is 68.3 cm³/mol. The first-order valence-electron chi connectivity index (χ1n) is 5.65. The standard InChI is InChI=1S/C11H22N2O2S/c1-4-5-6-13(7-9(12)14)11(15)10(16)8(2)3/h8,10,16H,4-7H2,1-3H3,(H2,12,14). The minimum Gasteiger partial charge on any atom is -0.368 e. The summed E-state index contributed by atoms with van der Waals surface area (Å²) < 4.78 is 0. The molecule has 2 N–H and O–H groups in total. The van der Waals surface area contributed by atoms with E-state index in [9.17, 15) is 9.59 Å². The zero-order valence-electron chi connectivity index (χ0n) is 10.3. The highest BCUT2D eigenvalue weighted by molar-refractivity contribution is 7.81. The van der Waals surface area contributed by atoms with Crippen LogP contribution in [0.1, 0.15) is 33.6 Å². The summed E-state index contributed by atoms with van der Waals surface area (Å²) in [6.07, 6.45) is 1.85. The molecule has 0 rings (SSSR count). The van der Waals surface area contributed by atoms with E-state index in [1.165, 1.54) is 4.90 Å². The molecule has 0 aliphatic rings. The normalized spacial score (nSPS) is 12.6. The molecular weight excluding hydrogens is 224 g/mol. The van der Waals surface area contributed by atoms with Gasteiger partial charge in [0.25, 0.3) is 0 Å². The average molecular weight is 246 g/mol. The molecule has 94 valence electrons. The van der Waals surface area contributed by atoms with Gasteiger partial charge in [-0.3, -0.25) is 9.59 Å². The number of primary amides is 1. The number of thiol groups is 1. The van der Waals surface area contributed by atoms with Gasteiger partial charge in [0.15, 0.2) is 0 Å². The van der Waals surface area contributed by atoms with Crippen LogP contribution in [0.3, 0.4) is 0 Å². The third-order valence-electron chi connectivity index (χ3n) is 2.32. The van der Waals surface area contributed by atoms with Crippen LogP contribution in [0.5, 0.6) is 0 Å². The van der Waals surface area contributed by atoms with Gasteiger partial charge in [-0.15, -0.1) is 0 Å². The molecule has 5 heteroatoms. The number of amides is 2. The van der Waals surface area contributed by atoms with Crippen LogP contribution >= 0.6 is 12.6 Å². The van der Waals surface area contributed by atoms with Crippen LogP contribution in [0.15, 0.2) is 0 Å². The quantitative estimate of drug-likeness (QED) is 0.660. The number of hydrogen-bond donors (Lipinski definition) is 2. The number of rotatable bonds is 7. The molecule has 0 spiro atoms. The molecule has 0 heterocycles. The van der Waals surface area contributed by atoms with Crippen molar-refractivity contribution in [2.75, 3.05) is 13.1 Å². The maximum atomic E-state index is 12.0. The van der Waals surface area contributed by atoms with Crippen molar-refractivity contribution >= 4 is 24.4 Å². The van der Waals surface area contributed by atoms with Crippen LogP contribution in [0, 0.1) is 5.92 Å². The molecule has 2 amide bonds. The van der Waals surface area contributed by atoms with Gasteiger partial charge in [-0.1, -0.05) is 27.2 Å². The van der Waals surface area contributed by atoms with E-state index in [0.717, 1.165) is 12.8 Å². The van der Waals surface area contributed by atoms with E-state index >= 15 is 0 Å². The van der Waals surface area contributed by atoms with Crippen LogP contribution < -0.4 is 5.73 Å². The Morgan fingerprint density at radius 2 is 1.94 bits per heavy atom. The van der Waals surface area contributed by atoms with E-state index in [1.54, 1.807) is 0 Å². The summed E-state index contributed by atoms with van der Waals surface area (Å²) in [6.45, 7) is 6.45. The largest absolute Gasteiger partial charge is 0.368 e. The molecule has 0 aliphatic heterocycles. The summed E-state index contributed by atoms with van der Waals surface area (Å²) in [5.41, 5.74) is 5.12. The molecule has 1 atom stereocenters. The van der Waals surface area contributed by atoms with Crippen LogP contribution in [0.4, 0.5) is 0 Å². The minimum absolute atomic E-state index is 0.0113. The van der Waals surface area contributed by atoms with Crippen LogP contribution in [0.2, 0.25) is 0 Å². The first kappa shape index (κ1) is 15.3. The van der Waals surface area contributed by atoms with E-state index in [4.69, 9.17) is 5.73 Å². The molecule has 1 unspecified atom stereocenters. The van der Waals surface area contributed by atoms with Gasteiger partial charge in [0.1, 0.15) is 0 Å². The van der Waals surface area contributed by atoms with Crippen molar-refractivity contribution in [3.63, 3.8) is 0 Å². The van der Waals surface area contributed by atoms with Crippen molar-refractivity contribution in [1.82, 2.24) is 4.90 Å². The average Bonchev–Trinajstić information content (AvgIpc) is 2.21. The number of unbranched alkanes of at least 4 members (excludes halogenated alkanes) is 1. The fourth-order valence-electron chi connectivity index (χ4n) is 1.28. The SMILES string of the molecule is CCCCN(CC(N)=O)C(=O)C(S)C(C)C. The summed E-state index contributed by atoms with van der Waals surface area (Å²) in [5, 5.41) is -0.365. The zero-order valence-corrected chi connectivity index (χ0v) is 11.2. The van der Waals surface area contributed by atoms with E-state index in [2.05, 4.69) is 12.6 Å². The topological polar surface area (TPSA) is 63.4 Å². The van der Waals surface area contributed by atoms with Crippen LogP contribution in [-0.4, -0.2) is 35.1 Å². The Morgan fingerprint density at radius 3 is 2.31 bits per heavy atom.